The zero-order valence-corrected chi connectivity index (χ0v) is 20.2. The Morgan fingerprint density at radius 1 is 0.758 bits per heavy atom. The predicted molar refractivity (Wildman–Crippen MR) is 123 cm³/mol. The summed E-state index contributed by atoms with van der Waals surface area (Å²) in [6, 6.07) is 2.24. The van der Waals surface area contributed by atoms with Gasteiger partial charge in [0, 0.05) is 0 Å². The summed E-state index contributed by atoms with van der Waals surface area (Å²) in [4.78, 5) is 0. The van der Waals surface area contributed by atoms with Gasteiger partial charge in [-0.3, -0.25) is 0 Å². The van der Waals surface area contributed by atoms with E-state index in [9.17, 15) is 17.6 Å². The molecule has 188 valence electrons. The van der Waals surface area contributed by atoms with Gasteiger partial charge >= 0.3 is 6.11 Å². The molecule has 3 rings (SSSR count). The summed E-state index contributed by atoms with van der Waals surface area (Å²) >= 11 is 0. The van der Waals surface area contributed by atoms with Gasteiger partial charge in [0.05, 0.1) is 13.0 Å². The van der Waals surface area contributed by atoms with Crippen molar-refractivity contribution >= 4 is 0 Å². The lowest BCUT2D eigenvalue weighted by atomic mass is 9.78. The van der Waals surface area contributed by atoms with Crippen LogP contribution in [0, 0.1) is 35.3 Å². The molecule has 1 aromatic rings. The summed E-state index contributed by atoms with van der Waals surface area (Å²) in [5.41, 5.74) is 0. The minimum Gasteiger partial charge on any atom is -0.490 e. The molecule has 0 atom stereocenters. The molecule has 2 aliphatic carbocycles. The molecule has 6 heteroatoms. The number of rotatable bonds is 11. The minimum absolute atomic E-state index is 0.246. The zero-order valence-electron chi connectivity index (χ0n) is 20.2. The maximum Gasteiger partial charge on any atom is 0.397 e. The van der Waals surface area contributed by atoms with E-state index in [1.807, 2.05) is 0 Å². The van der Waals surface area contributed by atoms with Crippen LogP contribution in [0.4, 0.5) is 17.6 Å². The van der Waals surface area contributed by atoms with Crippen LogP contribution in [-0.2, 0) is 0 Å². The minimum atomic E-state index is -3.53. The van der Waals surface area contributed by atoms with E-state index in [2.05, 4.69) is 18.6 Å². The molecule has 0 saturated heterocycles. The standard InChI is InChI=1S/C27H40F4O2/c1-3-5-20-8-10-21(11-9-20)16-17-27(30,31)33-24-15-14-23(25(28)26(24)29)32-18-22-12-6-19(4-2)7-13-22/h14-15,19-22H,3-13,16-18H2,1-2H3. The van der Waals surface area contributed by atoms with Crippen LogP contribution < -0.4 is 9.47 Å². The molecule has 1 aromatic carbocycles. The monoisotopic (exact) mass is 472 g/mol. The second kappa shape index (κ2) is 12.3. The highest BCUT2D eigenvalue weighted by atomic mass is 19.3. The molecule has 0 N–H and O–H groups in total. The average Bonchev–Trinajstić information content (AvgIpc) is 2.82. The van der Waals surface area contributed by atoms with Gasteiger partial charge in [-0.05, 0) is 55.1 Å². The second-order valence-electron chi connectivity index (χ2n) is 10.2. The molecule has 0 heterocycles. The normalized spacial score (nSPS) is 26.2. The van der Waals surface area contributed by atoms with Crippen LogP contribution in [-0.4, -0.2) is 12.7 Å². The Morgan fingerprint density at radius 2 is 1.27 bits per heavy atom. The smallest absolute Gasteiger partial charge is 0.397 e. The van der Waals surface area contributed by atoms with Crippen molar-refractivity contribution in [3.8, 4) is 11.5 Å². The number of alkyl halides is 2. The van der Waals surface area contributed by atoms with Crippen LogP contribution in [0.15, 0.2) is 12.1 Å². The molecule has 2 nitrogen and oxygen atoms in total. The molecule has 0 spiro atoms. The molecule has 0 radical (unpaired) electrons. The van der Waals surface area contributed by atoms with E-state index >= 15 is 0 Å². The largest absolute Gasteiger partial charge is 0.490 e. The fourth-order valence-electron chi connectivity index (χ4n) is 5.52. The SMILES string of the molecule is CCCC1CCC(CCC(F)(F)Oc2ccc(OCC3CCC(CC)CC3)c(F)c2F)CC1. The fraction of sp³-hybridized carbons (Fsp3) is 0.778. The van der Waals surface area contributed by atoms with Crippen molar-refractivity contribution in [2.45, 2.75) is 103 Å². The summed E-state index contributed by atoms with van der Waals surface area (Å²) in [6.45, 7) is 4.66. The third kappa shape index (κ3) is 7.78. The van der Waals surface area contributed by atoms with Crippen LogP contribution in [0.2, 0.25) is 0 Å². The van der Waals surface area contributed by atoms with Gasteiger partial charge in [-0.2, -0.15) is 17.6 Å². The molecule has 0 amide bonds. The zero-order chi connectivity index (χ0) is 23.8. The van der Waals surface area contributed by atoms with Crippen molar-refractivity contribution in [1.29, 1.82) is 0 Å². The maximum absolute atomic E-state index is 14.5. The van der Waals surface area contributed by atoms with Crippen molar-refractivity contribution in [2.75, 3.05) is 6.61 Å². The summed E-state index contributed by atoms with van der Waals surface area (Å²) in [5, 5.41) is 0. The van der Waals surface area contributed by atoms with E-state index in [4.69, 9.17) is 4.74 Å². The molecule has 0 aromatic heterocycles. The first kappa shape index (κ1) is 26.2. The topological polar surface area (TPSA) is 18.5 Å². The third-order valence-electron chi connectivity index (χ3n) is 7.80. The molecular formula is C27H40F4O2. The molecule has 2 aliphatic rings. The molecule has 0 unspecified atom stereocenters. The second-order valence-corrected chi connectivity index (χ2v) is 10.2. The predicted octanol–water partition coefficient (Wildman–Crippen LogP) is 8.92. The quantitative estimate of drug-likeness (QED) is 0.299. The van der Waals surface area contributed by atoms with Crippen LogP contribution in [0.5, 0.6) is 11.5 Å². The Labute approximate surface area is 196 Å². The Bertz CT molecular complexity index is 723. The van der Waals surface area contributed by atoms with Crippen molar-refractivity contribution in [3.05, 3.63) is 23.8 Å². The summed E-state index contributed by atoms with van der Waals surface area (Å²) in [6.07, 6.45) is 8.20. The lowest BCUT2D eigenvalue weighted by Crippen LogP contribution is -2.27. The summed E-state index contributed by atoms with van der Waals surface area (Å²) < 4.78 is 67.8. The Hall–Kier alpha value is -1.46. The van der Waals surface area contributed by atoms with Crippen LogP contribution >= 0.6 is 0 Å². The molecule has 0 bridgehead atoms. The van der Waals surface area contributed by atoms with Gasteiger partial charge in [0.25, 0.3) is 0 Å². The van der Waals surface area contributed by atoms with E-state index in [-0.39, 0.29) is 11.7 Å². The highest BCUT2D eigenvalue weighted by Crippen LogP contribution is 2.38. The molecule has 2 fully saturated rings. The molecule has 33 heavy (non-hydrogen) atoms. The number of ether oxygens (including phenoxy) is 2. The van der Waals surface area contributed by atoms with E-state index in [0.29, 0.717) is 24.9 Å². The maximum atomic E-state index is 14.5. The number of benzene rings is 1. The number of hydrogen-bond acceptors (Lipinski definition) is 2. The van der Waals surface area contributed by atoms with Gasteiger partial charge in [0.15, 0.2) is 11.5 Å². The van der Waals surface area contributed by atoms with Crippen LogP contribution in [0.3, 0.4) is 0 Å². The van der Waals surface area contributed by atoms with E-state index < -0.39 is 29.9 Å². The number of halogens is 4. The van der Waals surface area contributed by atoms with Gasteiger partial charge in [0.1, 0.15) is 0 Å². The van der Waals surface area contributed by atoms with E-state index in [0.717, 1.165) is 69.8 Å². The molecule has 2 saturated carbocycles. The van der Waals surface area contributed by atoms with Crippen molar-refractivity contribution < 1.29 is 27.0 Å². The molecule has 0 aliphatic heterocycles. The highest BCUT2D eigenvalue weighted by Gasteiger charge is 2.35. The van der Waals surface area contributed by atoms with Crippen LogP contribution in [0.1, 0.15) is 97.3 Å². The lowest BCUT2D eigenvalue weighted by Gasteiger charge is -2.29. The molecular weight excluding hydrogens is 432 g/mol. The van der Waals surface area contributed by atoms with Gasteiger partial charge in [0.2, 0.25) is 11.6 Å². The first-order chi connectivity index (χ1) is 15.8. The van der Waals surface area contributed by atoms with Crippen molar-refractivity contribution in [1.82, 2.24) is 0 Å². The number of hydrogen-bond donors (Lipinski definition) is 0. The lowest BCUT2D eigenvalue weighted by molar-refractivity contribution is -0.185. The van der Waals surface area contributed by atoms with Gasteiger partial charge in [-0.15, -0.1) is 0 Å². The van der Waals surface area contributed by atoms with Crippen molar-refractivity contribution in [2.24, 2.45) is 23.7 Å². The van der Waals surface area contributed by atoms with Gasteiger partial charge in [-0.25, -0.2) is 0 Å². The third-order valence-corrected chi connectivity index (χ3v) is 7.80. The summed E-state index contributed by atoms with van der Waals surface area (Å²) in [5.74, 6) is -1.67. The Kier molecular flexibility index (Phi) is 9.75. The van der Waals surface area contributed by atoms with E-state index in [1.54, 1.807) is 0 Å². The van der Waals surface area contributed by atoms with Crippen LogP contribution in [0.25, 0.3) is 0 Å². The first-order valence-electron chi connectivity index (χ1n) is 13.0. The highest BCUT2D eigenvalue weighted by molar-refractivity contribution is 5.35. The Balaban J connectivity index is 1.47. The van der Waals surface area contributed by atoms with E-state index in [1.165, 1.54) is 18.9 Å². The fourth-order valence-corrected chi connectivity index (χ4v) is 5.52. The van der Waals surface area contributed by atoms with Gasteiger partial charge < -0.3 is 9.47 Å². The summed E-state index contributed by atoms with van der Waals surface area (Å²) in [7, 11) is 0. The van der Waals surface area contributed by atoms with Crippen molar-refractivity contribution in [3.63, 3.8) is 0 Å². The Morgan fingerprint density at radius 3 is 1.88 bits per heavy atom. The van der Waals surface area contributed by atoms with Gasteiger partial charge in [-0.1, -0.05) is 71.6 Å². The first-order valence-corrected chi connectivity index (χ1v) is 13.0. The average molecular weight is 473 g/mol.